The zero-order valence-electron chi connectivity index (χ0n) is 10.9. The summed E-state index contributed by atoms with van der Waals surface area (Å²) in [4.78, 5) is 4.14. The summed E-state index contributed by atoms with van der Waals surface area (Å²) in [6, 6.07) is 8.52. The van der Waals surface area contributed by atoms with E-state index in [4.69, 9.17) is 4.52 Å². The van der Waals surface area contributed by atoms with Gasteiger partial charge in [-0.1, -0.05) is 30.6 Å². The highest BCUT2D eigenvalue weighted by atomic mass is 16.5. The van der Waals surface area contributed by atoms with Gasteiger partial charge in [-0.25, -0.2) is 0 Å². The Labute approximate surface area is 107 Å². The molecular formula is C14H19N3O. The molecule has 4 heteroatoms. The van der Waals surface area contributed by atoms with Gasteiger partial charge in [0.1, 0.15) is 0 Å². The van der Waals surface area contributed by atoms with Crippen molar-refractivity contribution in [3.63, 3.8) is 0 Å². The average Bonchev–Trinajstić information content (AvgIpc) is 2.81. The first kappa shape index (κ1) is 12.6. The van der Waals surface area contributed by atoms with Crippen molar-refractivity contribution in [2.75, 3.05) is 5.32 Å². The minimum Gasteiger partial charge on any atom is -0.378 e. The number of nitrogens with zero attached hydrogens (tertiary/aromatic N) is 2. The van der Waals surface area contributed by atoms with Crippen LogP contribution in [0.3, 0.4) is 0 Å². The SMILES string of the molecule is CCCCc1ccc(NCc2noc(C)n2)cc1. The normalized spacial score (nSPS) is 10.6. The Morgan fingerprint density at radius 2 is 2.00 bits per heavy atom. The van der Waals surface area contributed by atoms with Gasteiger partial charge in [0.2, 0.25) is 5.89 Å². The van der Waals surface area contributed by atoms with E-state index < -0.39 is 0 Å². The second-order valence-electron chi connectivity index (χ2n) is 4.38. The summed E-state index contributed by atoms with van der Waals surface area (Å²) in [7, 11) is 0. The van der Waals surface area contributed by atoms with Crippen molar-refractivity contribution in [1.29, 1.82) is 0 Å². The number of anilines is 1. The maximum Gasteiger partial charge on any atom is 0.223 e. The Morgan fingerprint density at radius 1 is 1.22 bits per heavy atom. The minimum atomic E-state index is 0.589. The lowest BCUT2D eigenvalue weighted by molar-refractivity contribution is 0.388. The van der Waals surface area contributed by atoms with Crippen LogP contribution in [0.4, 0.5) is 5.69 Å². The van der Waals surface area contributed by atoms with Gasteiger partial charge in [0.15, 0.2) is 5.82 Å². The molecule has 2 rings (SSSR count). The van der Waals surface area contributed by atoms with Crippen molar-refractivity contribution in [3.05, 3.63) is 41.5 Å². The summed E-state index contributed by atoms with van der Waals surface area (Å²) in [6.45, 7) is 4.59. The number of hydrogen-bond donors (Lipinski definition) is 1. The van der Waals surface area contributed by atoms with Crippen molar-refractivity contribution < 1.29 is 4.52 Å². The van der Waals surface area contributed by atoms with Crippen molar-refractivity contribution in [2.24, 2.45) is 0 Å². The number of hydrogen-bond acceptors (Lipinski definition) is 4. The van der Waals surface area contributed by atoms with Gasteiger partial charge in [-0.2, -0.15) is 4.98 Å². The van der Waals surface area contributed by atoms with Crippen LogP contribution in [0.25, 0.3) is 0 Å². The van der Waals surface area contributed by atoms with Crippen LogP contribution in [0.1, 0.15) is 37.0 Å². The average molecular weight is 245 g/mol. The predicted molar refractivity (Wildman–Crippen MR) is 71.4 cm³/mol. The zero-order valence-corrected chi connectivity index (χ0v) is 10.9. The maximum absolute atomic E-state index is 4.92. The van der Waals surface area contributed by atoms with Crippen LogP contribution in [0.2, 0.25) is 0 Å². The monoisotopic (exact) mass is 245 g/mol. The fraction of sp³-hybridized carbons (Fsp3) is 0.429. The number of benzene rings is 1. The number of aryl methyl sites for hydroxylation is 2. The van der Waals surface area contributed by atoms with Gasteiger partial charge in [-0.3, -0.25) is 0 Å². The van der Waals surface area contributed by atoms with Gasteiger partial charge in [-0.15, -0.1) is 0 Å². The Hall–Kier alpha value is -1.84. The smallest absolute Gasteiger partial charge is 0.223 e. The van der Waals surface area contributed by atoms with Gasteiger partial charge in [0.25, 0.3) is 0 Å². The molecule has 96 valence electrons. The van der Waals surface area contributed by atoms with Crippen LogP contribution in [0, 0.1) is 6.92 Å². The van der Waals surface area contributed by atoms with Crippen molar-refractivity contribution in [3.8, 4) is 0 Å². The molecule has 0 atom stereocenters. The summed E-state index contributed by atoms with van der Waals surface area (Å²) < 4.78 is 4.92. The maximum atomic E-state index is 4.92. The van der Waals surface area contributed by atoms with Gasteiger partial charge in [0, 0.05) is 12.6 Å². The summed E-state index contributed by atoms with van der Waals surface area (Å²) in [5.41, 5.74) is 2.47. The van der Waals surface area contributed by atoms with Crippen LogP contribution < -0.4 is 5.32 Å². The Morgan fingerprint density at radius 3 is 2.61 bits per heavy atom. The first-order valence-electron chi connectivity index (χ1n) is 6.40. The van der Waals surface area contributed by atoms with Crippen LogP contribution in [0.5, 0.6) is 0 Å². The molecule has 1 heterocycles. The van der Waals surface area contributed by atoms with Crippen molar-refractivity contribution in [2.45, 2.75) is 39.7 Å². The molecule has 0 fully saturated rings. The largest absolute Gasteiger partial charge is 0.378 e. The molecule has 0 saturated heterocycles. The fourth-order valence-electron chi connectivity index (χ4n) is 1.76. The molecule has 1 aromatic heterocycles. The zero-order chi connectivity index (χ0) is 12.8. The van der Waals surface area contributed by atoms with Crippen molar-refractivity contribution in [1.82, 2.24) is 10.1 Å². The molecule has 2 aromatic rings. The third kappa shape index (κ3) is 3.58. The van der Waals surface area contributed by atoms with E-state index >= 15 is 0 Å². The van der Waals surface area contributed by atoms with Gasteiger partial charge in [-0.05, 0) is 30.5 Å². The molecule has 0 amide bonds. The lowest BCUT2D eigenvalue weighted by atomic mass is 10.1. The molecular weight excluding hydrogens is 226 g/mol. The van der Waals surface area contributed by atoms with Crippen LogP contribution in [-0.2, 0) is 13.0 Å². The molecule has 0 aliphatic heterocycles. The molecule has 0 bridgehead atoms. The van der Waals surface area contributed by atoms with Gasteiger partial charge < -0.3 is 9.84 Å². The molecule has 18 heavy (non-hydrogen) atoms. The van der Waals surface area contributed by atoms with Crippen LogP contribution in [0.15, 0.2) is 28.8 Å². The second-order valence-corrected chi connectivity index (χ2v) is 4.38. The van der Waals surface area contributed by atoms with Gasteiger partial charge >= 0.3 is 0 Å². The number of rotatable bonds is 6. The topological polar surface area (TPSA) is 51.0 Å². The van der Waals surface area contributed by atoms with E-state index in [2.05, 4.69) is 46.6 Å². The molecule has 1 N–H and O–H groups in total. The lowest BCUT2D eigenvalue weighted by Gasteiger charge is -2.05. The molecule has 0 unspecified atom stereocenters. The first-order chi connectivity index (χ1) is 8.78. The Kier molecular flexibility index (Phi) is 4.34. The molecule has 0 spiro atoms. The Bertz CT molecular complexity index is 476. The highest BCUT2D eigenvalue weighted by molar-refractivity contribution is 5.44. The summed E-state index contributed by atoms with van der Waals surface area (Å²) in [5, 5.41) is 7.11. The molecule has 0 aliphatic rings. The van der Waals surface area contributed by atoms with Crippen LogP contribution in [-0.4, -0.2) is 10.1 Å². The summed E-state index contributed by atoms with van der Waals surface area (Å²) >= 11 is 0. The molecule has 0 radical (unpaired) electrons. The number of nitrogens with one attached hydrogen (secondary N) is 1. The van der Waals surface area contributed by atoms with Crippen molar-refractivity contribution >= 4 is 5.69 Å². The fourth-order valence-corrected chi connectivity index (χ4v) is 1.76. The standard InChI is InChI=1S/C14H19N3O/c1-3-4-5-12-6-8-13(9-7-12)15-10-14-16-11(2)18-17-14/h6-9,15H,3-5,10H2,1-2H3. The minimum absolute atomic E-state index is 0.589. The highest BCUT2D eigenvalue weighted by Gasteiger charge is 2.01. The number of aromatic nitrogens is 2. The molecule has 1 aromatic carbocycles. The van der Waals surface area contributed by atoms with E-state index in [9.17, 15) is 0 Å². The Balaban J connectivity index is 1.86. The van der Waals surface area contributed by atoms with E-state index in [1.165, 1.54) is 18.4 Å². The number of unbranched alkanes of at least 4 members (excludes halogenated alkanes) is 1. The molecule has 4 nitrogen and oxygen atoms in total. The van der Waals surface area contributed by atoms with E-state index in [-0.39, 0.29) is 0 Å². The van der Waals surface area contributed by atoms with Gasteiger partial charge in [0.05, 0.1) is 6.54 Å². The second kappa shape index (κ2) is 6.19. The molecule has 0 saturated carbocycles. The van der Waals surface area contributed by atoms with E-state index in [0.717, 1.165) is 12.1 Å². The quantitative estimate of drug-likeness (QED) is 0.848. The lowest BCUT2D eigenvalue weighted by Crippen LogP contribution is -2.01. The third-order valence-electron chi connectivity index (χ3n) is 2.79. The molecule has 0 aliphatic carbocycles. The van der Waals surface area contributed by atoms with E-state index in [1.54, 1.807) is 6.92 Å². The van der Waals surface area contributed by atoms with E-state index in [0.29, 0.717) is 18.3 Å². The summed E-state index contributed by atoms with van der Waals surface area (Å²) in [6.07, 6.45) is 3.63. The highest BCUT2D eigenvalue weighted by Crippen LogP contribution is 2.12. The van der Waals surface area contributed by atoms with Crippen LogP contribution >= 0.6 is 0 Å². The predicted octanol–water partition coefficient (Wildman–Crippen LogP) is 3.33. The van der Waals surface area contributed by atoms with E-state index in [1.807, 2.05) is 0 Å². The first-order valence-corrected chi connectivity index (χ1v) is 6.40. The summed E-state index contributed by atoms with van der Waals surface area (Å²) in [5.74, 6) is 1.28. The third-order valence-corrected chi connectivity index (χ3v) is 2.79.